The molecule has 4 nitrogen and oxygen atoms in total. The molecule has 0 bridgehead atoms. The maximum atomic E-state index is 8.89. The number of fused-ring (bicyclic) bond motifs is 1. The van der Waals surface area contributed by atoms with Gasteiger partial charge >= 0.3 is 0 Å². The first-order chi connectivity index (χ1) is 9.11. The second-order valence-corrected chi connectivity index (χ2v) is 6.47. The fourth-order valence-electron chi connectivity index (χ4n) is 3.37. The average molecular weight is 264 g/mol. The molecule has 4 heteroatoms. The molecule has 2 fully saturated rings. The quantitative estimate of drug-likeness (QED) is 0.766. The number of hydrogen-bond acceptors (Lipinski definition) is 4. The van der Waals surface area contributed by atoms with Gasteiger partial charge in [0, 0.05) is 12.6 Å². The van der Waals surface area contributed by atoms with Crippen molar-refractivity contribution in [3.05, 3.63) is 0 Å². The molecule has 2 aliphatic rings. The molecule has 2 aliphatic heterocycles. The van der Waals surface area contributed by atoms with Gasteiger partial charge in [-0.25, -0.2) is 0 Å². The molecule has 2 rings (SSSR count). The maximum Gasteiger partial charge on any atom is 0.101 e. The summed E-state index contributed by atoms with van der Waals surface area (Å²) in [5.41, 5.74) is 5.21. The standard InChI is InChI=1S/C15H28N4/c1-15(17,13-16)7-2-3-8-18-9-5-11-19-10-4-6-14(19)12-18/h14H,2-12,17H2,1H3. The van der Waals surface area contributed by atoms with Crippen molar-refractivity contribution in [2.75, 3.05) is 32.7 Å². The van der Waals surface area contributed by atoms with Crippen LogP contribution in [-0.2, 0) is 0 Å². The topological polar surface area (TPSA) is 56.3 Å². The van der Waals surface area contributed by atoms with E-state index in [-0.39, 0.29) is 0 Å². The molecule has 0 radical (unpaired) electrons. The molecule has 0 aliphatic carbocycles. The molecule has 19 heavy (non-hydrogen) atoms. The highest BCUT2D eigenvalue weighted by molar-refractivity contribution is 5.00. The van der Waals surface area contributed by atoms with E-state index >= 15 is 0 Å². The number of nitriles is 1. The Balaban J connectivity index is 1.67. The Morgan fingerprint density at radius 1 is 1.26 bits per heavy atom. The molecule has 0 aromatic carbocycles. The molecule has 0 amide bonds. The largest absolute Gasteiger partial charge is 0.314 e. The summed E-state index contributed by atoms with van der Waals surface area (Å²) >= 11 is 0. The van der Waals surface area contributed by atoms with E-state index in [1.165, 1.54) is 58.4 Å². The van der Waals surface area contributed by atoms with Crippen LogP contribution in [0.4, 0.5) is 0 Å². The van der Waals surface area contributed by atoms with Crippen LogP contribution in [0.2, 0.25) is 0 Å². The van der Waals surface area contributed by atoms with Crippen molar-refractivity contribution < 1.29 is 0 Å². The monoisotopic (exact) mass is 264 g/mol. The molecule has 108 valence electrons. The highest BCUT2D eigenvalue weighted by Crippen LogP contribution is 2.21. The van der Waals surface area contributed by atoms with Crippen LogP contribution < -0.4 is 5.73 Å². The molecule has 2 N–H and O–H groups in total. The Kier molecular flexibility index (Phi) is 5.20. The van der Waals surface area contributed by atoms with Gasteiger partial charge in [-0.2, -0.15) is 5.26 Å². The fourth-order valence-corrected chi connectivity index (χ4v) is 3.37. The first-order valence-corrected chi connectivity index (χ1v) is 7.77. The third-order valence-corrected chi connectivity index (χ3v) is 4.56. The molecule has 2 unspecified atom stereocenters. The van der Waals surface area contributed by atoms with Gasteiger partial charge in [-0.3, -0.25) is 4.90 Å². The number of nitrogens with zero attached hydrogens (tertiary/aromatic N) is 3. The first-order valence-electron chi connectivity index (χ1n) is 7.77. The van der Waals surface area contributed by atoms with Crippen LogP contribution in [0, 0.1) is 11.3 Å². The van der Waals surface area contributed by atoms with E-state index in [9.17, 15) is 0 Å². The second-order valence-electron chi connectivity index (χ2n) is 6.47. The summed E-state index contributed by atoms with van der Waals surface area (Å²) in [7, 11) is 0. The summed E-state index contributed by atoms with van der Waals surface area (Å²) in [5.74, 6) is 0. The van der Waals surface area contributed by atoms with E-state index in [2.05, 4.69) is 15.9 Å². The van der Waals surface area contributed by atoms with E-state index in [1.807, 2.05) is 6.92 Å². The van der Waals surface area contributed by atoms with E-state index in [0.29, 0.717) is 0 Å². The number of unbranched alkanes of at least 4 members (excludes halogenated alkanes) is 1. The predicted octanol–water partition coefficient (Wildman–Crippen LogP) is 1.57. The molecule has 0 aromatic heterocycles. The van der Waals surface area contributed by atoms with Crippen molar-refractivity contribution in [1.29, 1.82) is 5.26 Å². The second kappa shape index (κ2) is 6.69. The zero-order chi connectivity index (χ0) is 13.7. The molecule has 0 aromatic rings. The van der Waals surface area contributed by atoms with Crippen LogP contribution in [0.5, 0.6) is 0 Å². The van der Waals surface area contributed by atoms with Crippen molar-refractivity contribution in [3.8, 4) is 6.07 Å². The lowest BCUT2D eigenvalue weighted by Crippen LogP contribution is -2.37. The summed E-state index contributed by atoms with van der Waals surface area (Å²) in [4.78, 5) is 5.29. The van der Waals surface area contributed by atoms with Crippen LogP contribution in [-0.4, -0.2) is 54.1 Å². The first kappa shape index (κ1) is 14.8. The average Bonchev–Trinajstić information content (AvgIpc) is 2.73. The Morgan fingerprint density at radius 3 is 2.84 bits per heavy atom. The molecule has 2 saturated heterocycles. The molecular formula is C15H28N4. The molecule has 0 spiro atoms. The zero-order valence-corrected chi connectivity index (χ0v) is 12.3. The minimum Gasteiger partial charge on any atom is -0.314 e. The predicted molar refractivity (Wildman–Crippen MR) is 77.7 cm³/mol. The van der Waals surface area contributed by atoms with Crippen LogP contribution in [0.1, 0.15) is 45.4 Å². The van der Waals surface area contributed by atoms with E-state index in [0.717, 1.165) is 18.9 Å². The van der Waals surface area contributed by atoms with Crippen LogP contribution in [0.25, 0.3) is 0 Å². The summed E-state index contributed by atoms with van der Waals surface area (Å²) in [6, 6.07) is 2.98. The molecule has 0 saturated carbocycles. The lowest BCUT2D eigenvalue weighted by atomic mass is 9.98. The molecule has 2 atom stereocenters. The van der Waals surface area contributed by atoms with Crippen LogP contribution >= 0.6 is 0 Å². The summed E-state index contributed by atoms with van der Waals surface area (Å²) in [6.07, 6.45) is 7.11. The van der Waals surface area contributed by atoms with Crippen LogP contribution in [0.3, 0.4) is 0 Å². The van der Waals surface area contributed by atoms with Gasteiger partial charge in [0.1, 0.15) is 5.54 Å². The van der Waals surface area contributed by atoms with Crippen molar-refractivity contribution in [2.24, 2.45) is 5.73 Å². The van der Waals surface area contributed by atoms with Crippen molar-refractivity contribution >= 4 is 0 Å². The van der Waals surface area contributed by atoms with Gasteiger partial charge in [-0.15, -0.1) is 0 Å². The lowest BCUT2D eigenvalue weighted by Gasteiger charge is -2.25. The minimum atomic E-state index is -0.638. The fraction of sp³-hybridized carbons (Fsp3) is 0.933. The van der Waals surface area contributed by atoms with E-state index in [4.69, 9.17) is 11.0 Å². The van der Waals surface area contributed by atoms with Gasteiger partial charge in [0.15, 0.2) is 0 Å². The highest BCUT2D eigenvalue weighted by Gasteiger charge is 2.28. The van der Waals surface area contributed by atoms with Crippen molar-refractivity contribution in [2.45, 2.75) is 57.0 Å². The van der Waals surface area contributed by atoms with Crippen molar-refractivity contribution in [1.82, 2.24) is 9.80 Å². The molecule has 2 heterocycles. The van der Waals surface area contributed by atoms with E-state index in [1.54, 1.807) is 0 Å². The number of nitrogens with two attached hydrogens (primary N) is 1. The van der Waals surface area contributed by atoms with Gasteiger partial charge in [0.2, 0.25) is 0 Å². The van der Waals surface area contributed by atoms with Gasteiger partial charge < -0.3 is 10.6 Å². The zero-order valence-electron chi connectivity index (χ0n) is 12.3. The highest BCUT2D eigenvalue weighted by atomic mass is 15.3. The summed E-state index contributed by atoms with van der Waals surface area (Å²) in [5, 5.41) is 8.89. The van der Waals surface area contributed by atoms with E-state index < -0.39 is 5.54 Å². The maximum absolute atomic E-state index is 8.89. The Morgan fingerprint density at radius 2 is 2.05 bits per heavy atom. The van der Waals surface area contributed by atoms with Gasteiger partial charge in [-0.1, -0.05) is 0 Å². The normalized spacial score (nSPS) is 28.4. The minimum absolute atomic E-state index is 0.638. The van der Waals surface area contributed by atoms with Crippen molar-refractivity contribution in [3.63, 3.8) is 0 Å². The molecular weight excluding hydrogens is 236 g/mol. The van der Waals surface area contributed by atoms with Gasteiger partial charge in [0.05, 0.1) is 6.07 Å². The number of rotatable bonds is 5. The Labute approximate surface area is 117 Å². The lowest BCUT2D eigenvalue weighted by molar-refractivity contribution is 0.217. The summed E-state index contributed by atoms with van der Waals surface area (Å²) in [6.45, 7) is 8.09. The summed E-state index contributed by atoms with van der Waals surface area (Å²) < 4.78 is 0. The van der Waals surface area contributed by atoms with Gasteiger partial charge in [-0.05, 0) is 71.6 Å². The Hall–Kier alpha value is -0.630. The third-order valence-electron chi connectivity index (χ3n) is 4.56. The third kappa shape index (κ3) is 4.45. The smallest absolute Gasteiger partial charge is 0.101 e. The van der Waals surface area contributed by atoms with Crippen LogP contribution in [0.15, 0.2) is 0 Å². The SMILES string of the molecule is CC(N)(C#N)CCCCN1CCCN2CCCC2C1. The number of hydrogen-bond donors (Lipinski definition) is 1. The van der Waals surface area contributed by atoms with Gasteiger partial charge in [0.25, 0.3) is 0 Å². The Bertz CT molecular complexity index is 321.